The lowest BCUT2D eigenvalue weighted by molar-refractivity contribution is 0.633. The molecule has 0 unspecified atom stereocenters. The Kier molecular flexibility index (Phi) is 2.44. The van der Waals surface area contributed by atoms with Gasteiger partial charge >= 0.3 is 0 Å². The Morgan fingerprint density at radius 2 is 1.30 bits per heavy atom. The fourth-order valence-corrected chi connectivity index (χ4v) is 3.45. The summed E-state index contributed by atoms with van der Waals surface area (Å²) >= 11 is 0. The summed E-state index contributed by atoms with van der Waals surface area (Å²) in [5.41, 5.74) is 6.07. The Morgan fingerprint density at radius 1 is 0.696 bits per heavy atom. The molecule has 0 bridgehead atoms. The molecule has 2 aromatic heterocycles. The summed E-state index contributed by atoms with van der Waals surface area (Å²) in [6, 6.07) is 17.0. The molecule has 112 valence electrons. The third kappa shape index (κ3) is 1.69. The topological polar surface area (TPSA) is 26.3 Å². The predicted molar refractivity (Wildman–Crippen MR) is 95.1 cm³/mol. The van der Waals surface area contributed by atoms with Crippen LogP contribution >= 0.6 is 0 Å². The number of aryl methyl sites for hydroxylation is 2. The van der Waals surface area contributed by atoms with Gasteiger partial charge in [0.15, 0.2) is 11.2 Å². The van der Waals surface area contributed by atoms with Crippen LogP contribution in [0.25, 0.3) is 43.9 Å². The van der Waals surface area contributed by atoms with Crippen molar-refractivity contribution >= 4 is 43.9 Å². The third-order valence-electron chi connectivity index (χ3n) is 4.70. The monoisotopic (exact) mass is 300 g/mol. The van der Waals surface area contributed by atoms with E-state index in [0.29, 0.717) is 0 Å². The molecule has 0 spiro atoms. The minimum atomic E-state index is 0.845. The number of hydrogen-bond donors (Lipinski definition) is 0. The van der Waals surface area contributed by atoms with Crippen LogP contribution in [0.5, 0.6) is 0 Å². The van der Waals surface area contributed by atoms with Crippen LogP contribution in [-0.4, -0.2) is 0 Å². The van der Waals surface area contributed by atoms with Crippen molar-refractivity contribution in [2.45, 2.75) is 20.3 Å². The minimum absolute atomic E-state index is 0.845. The van der Waals surface area contributed by atoms with Crippen molar-refractivity contribution in [2.75, 3.05) is 0 Å². The second-order valence-corrected chi connectivity index (χ2v) is 6.21. The van der Waals surface area contributed by atoms with Crippen molar-refractivity contribution < 1.29 is 8.83 Å². The molecule has 0 saturated carbocycles. The molecular formula is C21H16O2. The van der Waals surface area contributed by atoms with E-state index in [1.165, 1.54) is 11.1 Å². The van der Waals surface area contributed by atoms with Crippen LogP contribution < -0.4 is 0 Å². The molecule has 0 radical (unpaired) electrons. The van der Waals surface area contributed by atoms with E-state index in [2.05, 4.69) is 56.3 Å². The van der Waals surface area contributed by atoms with Gasteiger partial charge in [0.2, 0.25) is 0 Å². The molecule has 0 N–H and O–H groups in total. The van der Waals surface area contributed by atoms with Gasteiger partial charge in [0.05, 0.1) is 0 Å². The first-order chi connectivity index (χ1) is 11.2. The number of rotatable bonds is 1. The van der Waals surface area contributed by atoms with Crippen molar-refractivity contribution in [2.24, 2.45) is 0 Å². The summed E-state index contributed by atoms with van der Waals surface area (Å²) in [4.78, 5) is 0. The minimum Gasteiger partial charge on any atom is -0.452 e. The van der Waals surface area contributed by atoms with E-state index < -0.39 is 0 Å². The molecule has 0 aliphatic rings. The zero-order valence-electron chi connectivity index (χ0n) is 13.1. The van der Waals surface area contributed by atoms with E-state index in [4.69, 9.17) is 8.83 Å². The molecule has 0 saturated heterocycles. The van der Waals surface area contributed by atoms with E-state index in [1.54, 1.807) is 0 Å². The molecule has 2 nitrogen and oxygen atoms in total. The van der Waals surface area contributed by atoms with Crippen LogP contribution in [0.3, 0.4) is 0 Å². The highest BCUT2D eigenvalue weighted by Gasteiger charge is 2.15. The second-order valence-electron chi connectivity index (χ2n) is 6.21. The fourth-order valence-electron chi connectivity index (χ4n) is 3.45. The summed E-state index contributed by atoms with van der Waals surface area (Å²) in [7, 11) is 0. The molecule has 5 rings (SSSR count). The Balaban J connectivity index is 1.97. The van der Waals surface area contributed by atoms with Gasteiger partial charge in [-0.3, -0.25) is 0 Å². The summed E-state index contributed by atoms with van der Waals surface area (Å²) in [5.74, 6) is 0. The van der Waals surface area contributed by atoms with Crippen molar-refractivity contribution in [3.63, 3.8) is 0 Å². The third-order valence-corrected chi connectivity index (χ3v) is 4.70. The van der Waals surface area contributed by atoms with Crippen LogP contribution in [-0.2, 0) is 6.42 Å². The van der Waals surface area contributed by atoms with Gasteiger partial charge in [0, 0.05) is 21.5 Å². The number of hydrogen-bond acceptors (Lipinski definition) is 2. The van der Waals surface area contributed by atoms with Gasteiger partial charge in [0.1, 0.15) is 11.2 Å². The van der Waals surface area contributed by atoms with Gasteiger partial charge in [-0.1, -0.05) is 24.6 Å². The highest BCUT2D eigenvalue weighted by Crippen LogP contribution is 2.38. The smallest absolute Gasteiger partial charge is 0.178 e. The molecule has 0 atom stereocenters. The molecular weight excluding hydrogens is 284 g/mol. The zero-order chi connectivity index (χ0) is 15.6. The highest BCUT2D eigenvalue weighted by atomic mass is 16.4. The Hall–Kier alpha value is -2.74. The van der Waals surface area contributed by atoms with Gasteiger partial charge in [-0.05, 0) is 55.3 Å². The summed E-state index contributed by atoms with van der Waals surface area (Å²) in [5, 5.41) is 4.55. The number of furan rings is 2. The average Bonchev–Trinajstić information content (AvgIpc) is 3.12. The molecule has 3 aromatic carbocycles. The molecule has 0 aliphatic carbocycles. The Labute approximate surface area is 133 Å². The molecule has 0 aliphatic heterocycles. The summed E-state index contributed by atoms with van der Waals surface area (Å²) in [6.07, 6.45) is 1.02. The maximum atomic E-state index is 6.13. The van der Waals surface area contributed by atoms with Crippen molar-refractivity contribution in [3.8, 4) is 0 Å². The van der Waals surface area contributed by atoms with E-state index in [0.717, 1.165) is 50.3 Å². The van der Waals surface area contributed by atoms with Crippen LogP contribution in [0.15, 0.2) is 57.4 Å². The van der Waals surface area contributed by atoms with E-state index >= 15 is 0 Å². The Morgan fingerprint density at radius 3 is 1.96 bits per heavy atom. The van der Waals surface area contributed by atoms with Crippen LogP contribution in [0, 0.1) is 6.92 Å². The second kappa shape index (κ2) is 4.39. The molecule has 2 heterocycles. The first-order valence-electron chi connectivity index (χ1n) is 8.01. The standard InChI is InChI=1S/C21H16O2/c1-3-13-5-9-19-17(11-13)15-7-6-14-16-10-12(2)4-8-18(16)22-20(14)21(15)23-19/h4-11H,3H2,1-2H3. The first kappa shape index (κ1) is 12.8. The Bertz CT molecular complexity index is 1200. The van der Waals surface area contributed by atoms with Crippen LogP contribution in [0.2, 0.25) is 0 Å². The normalized spacial score (nSPS) is 12.1. The highest BCUT2D eigenvalue weighted by molar-refractivity contribution is 6.18. The van der Waals surface area contributed by atoms with Crippen molar-refractivity contribution in [3.05, 3.63) is 59.7 Å². The SMILES string of the molecule is CCc1ccc2oc3c(ccc4c5cc(C)ccc5oc43)c2c1. The van der Waals surface area contributed by atoms with Gasteiger partial charge in [0.25, 0.3) is 0 Å². The van der Waals surface area contributed by atoms with Gasteiger partial charge in [-0.2, -0.15) is 0 Å². The number of benzene rings is 3. The lowest BCUT2D eigenvalue weighted by atomic mass is 10.1. The maximum absolute atomic E-state index is 6.13. The fraction of sp³-hybridized carbons (Fsp3) is 0.143. The van der Waals surface area contributed by atoms with Gasteiger partial charge < -0.3 is 8.83 Å². The molecule has 0 fully saturated rings. The van der Waals surface area contributed by atoms with Crippen molar-refractivity contribution in [1.29, 1.82) is 0 Å². The molecule has 2 heteroatoms. The predicted octanol–water partition coefficient (Wildman–Crippen LogP) is 6.36. The zero-order valence-corrected chi connectivity index (χ0v) is 13.1. The van der Waals surface area contributed by atoms with Crippen LogP contribution in [0.4, 0.5) is 0 Å². The lowest BCUT2D eigenvalue weighted by Crippen LogP contribution is -1.77. The largest absolute Gasteiger partial charge is 0.452 e. The van der Waals surface area contributed by atoms with Crippen molar-refractivity contribution in [1.82, 2.24) is 0 Å². The lowest BCUT2D eigenvalue weighted by Gasteiger charge is -1.95. The maximum Gasteiger partial charge on any atom is 0.178 e. The van der Waals surface area contributed by atoms with E-state index in [9.17, 15) is 0 Å². The van der Waals surface area contributed by atoms with Gasteiger partial charge in [-0.15, -0.1) is 0 Å². The molecule has 23 heavy (non-hydrogen) atoms. The molecule has 5 aromatic rings. The number of fused-ring (bicyclic) bond motifs is 7. The first-order valence-corrected chi connectivity index (χ1v) is 8.01. The van der Waals surface area contributed by atoms with Gasteiger partial charge in [-0.25, -0.2) is 0 Å². The summed E-state index contributed by atoms with van der Waals surface area (Å²) in [6.45, 7) is 4.27. The van der Waals surface area contributed by atoms with Crippen LogP contribution in [0.1, 0.15) is 18.1 Å². The summed E-state index contributed by atoms with van der Waals surface area (Å²) < 4.78 is 12.2. The quantitative estimate of drug-likeness (QED) is 0.360. The molecule has 0 amide bonds. The van der Waals surface area contributed by atoms with E-state index in [-0.39, 0.29) is 0 Å². The average molecular weight is 300 g/mol. The van der Waals surface area contributed by atoms with E-state index in [1.807, 2.05) is 6.07 Å².